The number of benzene rings is 2. The van der Waals surface area contributed by atoms with Crippen LogP contribution in [0.25, 0.3) is 22.3 Å². The van der Waals surface area contributed by atoms with Crippen molar-refractivity contribution < 1.29 is 0 Å². The summed E-state index contributed by atoms with van der Waals surface area (Å²) in [5.74, 6) is 0. The summed E-state index contributed by atoms with van der Waals surface area (Å²) in [7, 11) is 0. The molecule has 0 saturated heterocycles. The normalized spacial score (nSPS) is 14.6. The van der Waals surface area contributed by atoms with Gasteiger partial charge in [-0.25, -0.2) is 9.97 Å². The highest BCUT2D eigenvalue weighted by atomic mass is 79.9. The molecule has 2 aliphatic rings. The van der Waals surface area contributed by atoms with Crippen molar-refractivity contribution >= 4 is 31.9 Å². The number of fused-ring (bicyclic) bond motifs is 10. The van der Waals surface area contributed by atoms with Crippen LogP contribution in [-0.2, 0) is 5.41 Å². The highest BCUT2D eigenvalue weighted by Crippen LogP contribution is 2.62. The first-order chi connectivity index (χ1) is 13.2. The zero-order valence-electron chi connectivity index (χ0n) is 14.1. The summed E-state index contributed by atoms with van der Waals surface area (Å²) in [5, 5.41) is 0. The Morgan fingerprint density at radius 1 is 0.556 bits per heavy atom. The Kier molecular flexibility index (Phi) is 3.13. The predicted molar refractivity (Wildman–Crippen MR) is 114 cm³/mol. The summed E-state index contributed by atoms with van der Waals surface area (Å²) in [6, 6.07) is 21.8. The molecule has 4 heteroatoms. The summed E-state index contributed by atoms with van der Waals surface area (Å²) in [6.07, 6.45) is 3.93. The van der Waals surface area contributed by atoms with Crippen LogP contribution in [0.1, 0.15) is 22.3 Å². The van der Waals surface area contributed by atoms with Crippen molar-refractivity contribution in [2.24, 2.45) is 0 Å². The van der Waals surface area contributed by atoms with Crippen LogP contribution in [0, 0.1) is 0 Å². The van der Waals surface area contributed by atoms with Crippen LogP contribution in [-0.4, -0.2) is 9.97 Å². The fourth-order valence-corrected chi connectivity index (χ4v) is 5.53. The predicted octanol–water partition coefficient (Wildman–Crippen LogP) is 6.35. The van der Waals surface area contributed by atoms with E-state index in [4.69, 9.17) is 0 Å². The van der Waals surface area contributed by atoms with Crippen LogP contribution in [0.4, 0.5) is 0 Å². The molecule has 2 nitrogen and oxygen atoms in total. The van der Waals surface area contributed by atoms with E-state index < -0.39 is 0 Å². The van der Waals surface area contributed by atoms with E-state index in [0.29, 0.717) is 0 Å². The Balaban J connectivity index is 1.88. The van der Waals surface area contributed by atoms with Gasteiger partial charge in [0.05, 0.1) is 5.41 Å². The average Bonchev–Trinajstić information content (AvgIpc) is 3.14. The smallest absolute Gasteiger partial charge is 0.106 e. The second-order valence-electron chi connectivity index (χ2n) is 6.95. The third kappa shape index (κ3) is 1.85. The maximum atomic E-state index is 4.52. The van der Waals surface area contributed by atoms with Gasteiger partial charge in [-0.15, -0.1) is 0 Å². The fraction of sp³-hybridized carbons (Fsp3) is 0.0435. The Labute approximate surface area is 173 Å². The topological polar surface area (TPSA) is 25.8 Å². The summed E-state index contributed by atoms with van der Waals surface area (Å²) >= 11 is 7.20. The quantitative estimate of drug-likeness (QED) is 0.239. The van der Waals surface area contributed by atoms with Crippen molar-refractivity contribution in [2.75, 3.05) is 0 Å². The molecule has 4 aromatic rings. The summed E-state index contributed by atoms with van der Waals surface area (Å²) in [5.41, 5.74) is 9.73. The first-order valence-corrected chi connectivity index (χ1v) is 10.3. The van der Waals surface area contributed by atoms with Gasteiger partial charge in [0.1, 0.15) is 9.21 Å². The van der Waals surface area contributed by atoms with Gasteiger partial charge in [-0.2, -0.15) is 0 Å². The van der Waals surface area contributed by atoms with E-state index in [-0.39, 0.29) is 5.41 Å². The Morgan fingerprint density at radius 3 is 1.48 bits per heavy atom. The van der Waals surface area contributed by atoms with Gasteiger partial charge in [-0.1, -0.05) is 48.5 Å². The highest BCUT2D eigenvalue weighted by Gasteiger charge is 2.52. The molecule has 0 unspecified atom stereocenters. The maximum absolute atomic E-state index is 4.52. The lowest BCUT2D eigenvalue weighted by atomic mass is 9.71. The van der Waals surface area contributed by atoms with Crippen LogP contribution >= 0.6 is 31.9 Å². The van der Waals surface area contributed by atoms with Crippen molar-refractivity contribution in [3.63, 3.8) is 0 Å². The Hall–Kier alpha value is -2.30. The largest absolute Gasteiger partial charge is 0.249 e. The third-order valence-electron chi connectivity index (χ3n) is 5.79. The van der Waals surface area contributed by atoms with Crippen molar-refractivity contribution in [2.45, 2.75) is 5.41 Å². The van der Waals surface area contributed by atoms with Gasteiger partial charge in [-0.05, 0) is 77.4 Å². The van der Waals surface area contributed by atoms with Gasteiger partial charge in [-0.3, -0.25) is 0 Å². The van der Waals surface area contributed by atoms with Crippen LogP contribution in [0.3, 0.4) is 0 Å². The van der Waals surface area contributed by atoms with Crippen molar-refractivity contribution in [3.05, 3.63) is 105 Å². The van der Waals surface area contributed by atoms with E-state index in [1.54, 1.807) is 0 Å². The average molecular weight is 476 g/mol. The number of hydrogen-bond acceptors (Lipinski definition) is 2. The van der Waals surface area contributed by atoms with E-state index in [1.165, 1.54) is 33.4 Å². The lowest BCUT2D eigenvalue weighted by Gasteiger charge is -2.30. The van der Waals surface area contributed by atoms with E-state index >= 15 is 0 Å². The molecule has 0 atom stereocenters. The minimum atomic E-state index is -0.339. The summed E-state index contributed by atoms with van der Waals surface area (Å²) < 4.78 is 1.70. The Morgan fingerprint density at radius 2 is 1.00 bits per heavy atom. The third-order valence-corrected chi connectivity index (χ3v) is 6.66. The van der Waals surface area contributed by atoms with Crippen LogP contribution < -0.4 is 0 Å². The second kappa shape index (κ2) is 5.37. The van der Waals surface area contributed by atoms with Gasteiger partial charge in [0, 0.05) is 23.5 Å². The zero-order chi connectivity index (χ0) is 18.2. The molecule has 2 aromatic carbocycles. The second-order valence-corrected chi connectivity index (χ2v) is 8.57. The number of pyridine rings is 2. The zero-order valence-corrected chi connectivity index (χ0v) is 17.3. The molecule has 0 radical (unpaired) electrons. The summed E-state index contributed by atoms with van der Waals surface area (Å²) in [4.78, 5) is 9.03. The lowest BCUT2D eigenvalue weighted by molar-refractivity contribution is 0.788. The minimum absolute atomic E-state index is 0.339. The number of halogens is 2. The molecule has 1 spiro atoms. The molecule has 0 aliphatic heterocycles. The molecule has 0 N–H and O–H groups in total. The van der Waals surface area contributed by atoms with Crippen molar-refractivity contribution in [3.8, 4) is 22.3 Å². The molecule has 0 fully saturated rings. The lowest BCUT2D eigenvalue weighted by Crippen LogP contribution is -2.26. The molecule has 0 bridgehead atoms. The molecular formula is C23H12Br2N2. The standard InChI is InChI=1S/C23H12Br2N2/c24-21-9-19-15(11-26-21)16-12-27-22(25)10-20(16)23(19)17-7-3-1-5-13(17)14-6-2-4-8-18(14)23/h1-12H. The van der Waals surface area contributed by atoms with Crippen LogP contribution in [0.2, 0.25) is 0 Å². The van der Waals surface area contributed by atoms with E-state index in [1.807, 2.05) is 12.4 Å². The van der Waals surface area contributed by atoms with Crippen molar-refractivity contribution in [1.82, 2.24) is 9.97 Å². The van der Waals surface area contributed by atoms with Crippen LogP contribution in [0.15, 0.2) is 82.3 Å². The van der Waals surface area contributed by atoms with E-state index in [0.717, 1.165) is 20.3 Å². The number of rotatable bonds is 0. The molecular weight excluding hydrogens is 464 g/mol. The SMILES string of the molecule is Brc1cc2c(cn1)-c1cnc(Br)cc1C21c2ccccc2-c2ccccc21. The molecule has 2 heterocycles. The van der Waals surface area contributed by atoms with Crippen LogP contribution in [0.5, 0.6) is 0 Å². The van der Waals surface area contributed by atoms with E-state index in [2.05, 4.69) is 102 Å². The number of hydrogen-bond donors (Lipinski definition) is 0. The monoisotopic (exact) mass is 474 g/mol. The highest BCUT2D eigenvalue weighted by molar-refractivity contribution is 9.10. The molecule has 0 saturated carbocycles. The molecule has 6 rings (SSSR count). The molecule has 2 aromatic heterocycles. The molecule has 27 heavy (non-hydrogen) atoms. The van der Waals surface area contributed by atoms with Gasteiger partial charge in [0.15, 0.2) is 0 Å². The summed E-state index contributed by atoms with van der Waals surface area (Å²) in [6.45, 7) is 0. The molecule has 128 valence electrons. The molecule has 0 amide bonds. The fourth-order valence-electron chi connectivity index (χ4n) is 4.87. The van der Waals surface area contributed by atoms with Crippen molar-refractivity contribution in [1.29, 1.82) is 0 Å². The number of aromatic nitrogens is 2. The van der Waals surface area contributed by atoms with Gasteiger partial charge in [0.25, 0.3) is 0 Å². The Bertz CT molecular complexity index is 1160. The number of nitrogens with zero attached hydrogens (tertiary/aromatic N) is 2. The first-order valence-electron chi connectivity index (χ1n) is 8.73. The molecule has 2 aliphatic carbocycles. The minimum Gasteiger partial charge on any atom is -0.249 e. The van der Waals surface area contributed by atoms with Gasteiger partial charge >= 0.3 is 0 Å². The van der Waals surface area contributed by atoms with E-state index in [9.17, 15) is 0 Å². The van der Waals surface area contributed by atoms with Gasteiger partial charge in [0.2, 0.25) is 0 Å². The maximum Gasteiger partial charge on any atom is 0.106 e. The van der Waals surface area contributed by atoms with Gasteiger partial charge < -0.3 is 0 Å². The first kappa shape index (κ1) is 15.7.